The van der Waals surface area contributed by atoms with Crippen LogP contribution in [0.3, 0.4) is 0 Å². The molecule has 1 aliphatic heterocycles. The van der Waals surface area contributed by atoms with E-state index < -0.39 is 15.9 Å². The molecule has 1 aliphatic rings. The number of thiocarbonyl (C=S) groups is 1. The van der Waals surface area contributed by atoms with Crippen LogP contribution in [0, 0.1) is 0 Å². The Balaban J connectivity index is 2.37. The summed E-state index contributed by atoms with van der Waals surface area (Å²) in [5, 5.41) is 3.16. The van der Waals surface area contributed by atoms with Gasteiger partial charge in [-0.25, -0.2) is 0 Å². The fourth-order valence-corrected chi connectivity index (χ4v) is 4.86. The average Bonchev–Trinajstić information content (AvgIpc) is 2.46. The molecule has 2 heterocycles. The zero-order chi connectivity index (χ0) is 13.7. The minimum atomic E-state index is -0.999. The zero-order valence-electron chi connectivity index (χ0n) is 10.8. The summed E-state index contributed by atoms with van der Waals surface area (Å²) in [4.78, 5) is 4.81. The Morgan fingerprint density at radius 3 is 3.11 bits per heavy atom. The molecular weight excluding hydrogens is 276 g/mol. The van der Waals surface area contributed by atoms with Gasteiger partial charge in [0.25, 0.3) is 0 Å². The molecule has 2 rings (SSSR count). The summed E-state index contributed by atoms with van der Waals surface area (Å²) in [7, 11) is 0. The molecule has 0 saturated carbocycles. The summed E-state index contributed by atoms with van der Waals surface area (Å²) >= 11 is 4.53. The molecule has 19 heavy (non-hydrogen) atoms. The van der Waals surface area contributed by atoms with E-state index in [1.54, 1.807) is 18.5 Å². The lowest BCUT2D eigenvalue weighted by Gasteiger charge is -2.39. The van der Waals surface area contributed by atoms with Crippen LogP contribution in [0.15, 0.2) is 37.2 Å². The predicted octanol–water partition coefficient (Wildman–Crippen LogP) is 2.31. The smallest absolute Gasteiger partial charge is 0.201 e. The highest BCUT2D eigenvalue weighted by atomic mass is 32.2. The van der Waals surface area contributed by atoms with E-state index in [0.717, 1.165) is 24.8 Å². The van der Waals surface area contributed by atoms with E-state index in [1.165, 1.54) is 0 Å². The number of hydrogen-bond acceptors (Lipinski definition) is 3. The molecule has 0 aromatic carbocycles. The molecule has 1 fully saturated rings. The van der Waals surface area contributed by atoms with E-state index in [2.05, 4.69) is 16.9 Å². The maximum atomic E-state index is 12.7. The number of hydrogen-bond donors (Lipinski definition) is 1. The Hall–Kier alpha value is -0.910. The highest BCUT2D eigenvalue weighted by molar-refractivity contribution is 7.95. The van der Waals surface area contributed by atoms with E-state index >= 15 is 0 Å². The Labute approximate surface area is 122 Å². The minimum Gasteiger partial charge on any atom is -0.615 e. The fraction of sp³-hybridized carbons (Fsp3) is 0.429. The van der Waals surface area contributed by atoms with Gasteiger partial charge in [0.05, 0.1) is 0 Å². The lowest BCUT2D eigenvalue weighted by molar-refractivity contribution is 0.513. The maximum Gasteiger partial charge on any atom is 0.201 e. The molecule has 0 aliphatic carbocycles. The Morgan fingerprint density at radius 2 is 2.47 bits per heavy atom. The first kappa shape index (κ1) is 14.5. The summed E-state index contributed by atoms with van der Waals surface area (Å²) in [6, 6.07) is 3.84. The van der Waals surface area contributed by atoms with Crippen LogP contribution in [0.4, 0.5) is 0 Å². The van der Waals surface area contributed by atoms with Gasteiger partial charge in [0.1, 0.15) is 10.7 Å². The van der Waals surface area contributed by atoms with Crippen molar-refractivity contribution in [2.24, 2.45) is 0 Å². The van der Waals surface area contributed by atoms with Gasteiger partial charge in [-0.05, 0) is 30.1 Å². The molecule has 0 unspecified atom stereocenters. The minimum absolute atomic E-state index is 0.579. The van der Waals surface area contributed by atoms with Crippen LogP contribution in [0.1, 0.15) is 24.8 Å². The molecule has 5 heteroatoms. The number of pyridine rings is 1. The van der Waals surface area contributed by atoms with Gasteiger partial charge < -0.3 is 9.87 Å². The van der Waals surface area contributed by atoms with Gasteiger partial charge in [0.2, 0.25) is 4.75 Å². The Bertz CT molecular complexity index is 452. The molecule has 0 bridgehead atoms. The van der Waals surface area contributed by atoms with Crippen LogP contribution in [-0.4, -0.2) is 26.8 Å². The topological polar surface area (TPSA) is 48.0 Å². The van der Waals surface area contributed by atoms with Crippen LogP contribution in [-0.2, 0) is 15.9 Å². The molecule has 3 nitrogen and oxygen atoms in total. The first-order chi connectivity index (χ1) is 9.21. The zero-order valence-corrected chi connectivity index (χ0v) is 12.4. The highest BCUT2D eigenvalue weighted by Gasteiger charge is 2.49. The molecule has 102 valence electrons. The summed E-state index contributed by atoms with van der Waals surface area (Å²) in [5.74, 6) is 0.699. The first-order valence-electron chi connectivity index (χ1n) is 6.40. The van der Waals surface area contributed by atoms with Crippen molar-refractivity contribution >= 4 is 28.4 Å². The fourth-order valence-electron chi connectivity index (χ4n) is 2.43. The van der Waals surface area contributed by atoms with Gasteiger partial charge in [-0.3, -0.25) is 4.98 Å². The number of aromatic nitrogens is 1. The third kappa shape index (κ3) is 2.83. The molecule has 1 N–H and O–H groups in total. The molecule has 0 amide bonds. The van der Waals surface area contributed by atoms with Crippen molar-refractivity contribution in [2.45, 2.75) is 24.0 Å². The monoisotopic (exact) mass is 294 g/mol. The summed E-state index contributed by atoms with van der Waals surface area (Å²) in [5.41, 5.74) is 0.953. The molecule has 1 aromatic rings. The van der Waals surface area contributed by atoms with E-state index in [1.807, 2.05) is 12.1 Å². The van der Waals surface area contributed by atoms with Gasteiger partial charge in [0.15, 0.2) is 0 Å². The molecule has 1 saturated heterocycles. The van der Waals surface area contributed by atoms with E-state index in [9.17, 15) is 4.55 Å². The maximum absolute atomic E-state index is 12.7. The lowest BCUT2D eigenvalue weighted by atomic mass is 9.92. The second-order valence-electron chi connectivity index (χ2n) is 4.57. The normalized spacial score (nSPS) is 26.7. The molecule has 1 aromatic heterocycles. The van der Waals surface area contributed by atoms with Crippen LogP contribution in [0.2, 0.25) is 0 Å². The molecule has 0 spiro atoms. The molecule has 2 atom stereocenters. The summed E-state index contributed by atoms with van der Waals surface area (Å²) in [6.07, 6.45) is 8.12. The molecular formula is C14H18N2OS2. The lowest BCUT2D eigenvalue weighted by Crippen LogP contribution is -2.51. The van der Waals surface area contributed by atoms with Gasteiger partial charge in [-0.1, -0.05) is 24.4 Å². The third-order valence-corrected chi connectivity index (χ3v) is 6.10. The van der Waals surface area contributed by atoms with Crippen LogP contribution < -0.4 is 5.32 Å². The highest BCUT2D eigenvalue weighted by Crippen LogP contribution is 2.40. The van der Waals surface area contributed by atoms with Crippen LogP contribution in [0.25, 0.3) is 0 Å². The Kier molecular flexibility index (Phi) is 4.96. The van der Waals surface area contributed by atoms with E-state index in [0.29, 0.717) is 17.3 Å². The first-order valence-corrected chi connectivity index (χ1v) is 8.12. The quantitative estimate of drug-likeness (QED) is 0.526. The molecule has 0 radical (unpaired) electrons. The van der Waals surface area contributed by atoms with Gasteiger partial charge in [0, 0.05) is 30.9 Å². The van der Waals surface area contributed by atoms with Crippen LogP contribution >= 0.6 is 12.2 Å². The van der Waals surface area contributed by atoms with Gasteiger partial charge in [-0.2, -0.15) is 0 Å². The number of nitrogens with one attached hydrogen (secondary N) is 1. The second-order valence-corrected chi connectivity index (χ2v) is 6.78. The van der Waals surface area contributed by atoms with Crippen molar-refractivity contribution in [1.82, 2.24) is 10.3 Å². The predicted molar refractivity (Wildman–Crippen MR) is 83.6 cm³/mol. The van der Waals surface area contributed by atoms with Gasteiger partial charge >= 0.3 is 0 Å². The van der Waals surface area contributed by atoms with Crippen molar-refractivity contribution < 1.29 is 4.55 Å². The van der Waals surface area contributed by atoms with Crippen molar-refractivity contribution in [1.29, 1.82) is 0 Å². The standard InChI is InChI=1S/C14H18N2OS2/c1-2-8-16-13(18)14(7-3-4-10-19(14)17)12-6-5-9-15-11-12/h2,5-6,9,11H,1,3-4,7-8,10H2,(H,16,18)/t14-,19-/m1/s1. The second kappa shape index (κ2) is 6.50. The summed E-state index contributed by atoms with van der Waals surface area (Å²) < 4.78 is 12.1. The number of rotatable bonds is 4. The largest absolute Gasteiger partial charge is 0.615 e. The van der Waals surface area contributed by atoms with E-state index in [-0.39, 0.29) is 0 Å². The summed E-state index contributed by atoms with van der Waals surface area (Å²) in [6.45, 7) is 4.28. The average molecular weight is 294 g/mol. The third-order valence-electron chi connectivity index (χ3n) is 3.40. The number of nitrogens with zero attached hydrogens (tertiary/aromatic N) is 1. The van der Waals surface area contributed by atoms with Crippen molar-refractivity contribution in [3.05, 3.63) is 42.7 Å². The SMILES string of the molecule is C=CCNC(=S)[C@]1(c2cccnc2)CCCC[S@@+]1[O-]. The van der Waals surface area contributed by atoms with E-state index in [4.69, 9.17) is 12.2 Å². The van der Waals surface area contributed by atoms with Gasteiger partial charge in [-0.15, -0.1) is 6.58 Å². The van der Waals surface area contributed by atoms with Crippen LogP contribution in [0.5, 0.6) is 0 Å². The van der Waals surface area contributed by atoms with Crippen molar-refractivity contribution in [3.63, 3.8) is 0 Å². The van der Waals surface area contributed by atoms with Crippen molar-refractivity contribution in [2.75, 3.05) is 12.3 Å². The Morgan fingerprint density at radius 1 is 1.63 bits per heavy atom. The van der Waals surface area contributed by atoms with Crippen molar-refractivity contribution in [3.8, 4) is 0 Å².